The Labute approximate surface area is 98.5 Å². The average molecular weight is 222 g/mol. The van der Waals surface area contributed by atoms with Crippen LogP contribution >= 0.6 is 11.8 Å². The molecule has 0 N–H and O–H groups in total. The summed E-state index contributed by atoms with van der Waals surface area (Å²) in [7, 11) is 0. The Bertz CT molecular complexity index is 274. The highest BCUT2D eigenvalue weighted by molar-refractivity contribution is 7.99. The Hall–Kier alpha value is -0.430. The fraction of sp³-hybridized carbons (Fsp3) is 0.571. The van der Waals surface area contributed by atoms with Crippen LogP contribution in [0.5, 0.6) is 0 Å². The minimum Gasteiger partial charge on any atom is -0.123 e. The number of hydrogen-bond acceptors (Lipinski definition) is 1. The monoisotopic (exact) mass is 222 g/mol. The van der Waals surface area contributed by atoms with Gasteiger partial charge >= 0.3 is 0 Å². The molecule has 0 amide bonds. The minimum atomic E-state index is 0.732. The molecule has 84 valence electrons. The van der Waals surface area contributed by atoms with Crippen molar-refractivity contribution in [3.05, 3.63) is 29.8 Å². The van der Waals surface area contributed by atoms with Gasteiger partial charge in [0.15, 0.2) is 0 Å². The van der Waals surface area contributed by atoms with Crippen LogP contribution in [0.4, 0.5) is 0 Å². The van der Waals surface area contributed by atoms with Crippen molar-refractivity contribution in [3.63, 3.8) is 0 Å². The lowest BCUT2D eigenvalue weighted by molar-refractivity contribution is 0.555. The smallest absolute Gasteiger partial charge is 0.00748 e. The van der Waals surface area contributed by atoms with Gasteiger partial charge in [-0.25, -0.2) is 0 Å². The van der Waals surface area contributed by atoms with Gasteiger partial charge in [-0.05, 0) is 37.8 Å². The molecule has 0 saturated heterocycles. The highest BCUT2D eigenvalue weighted by atomic mass is 32.2. The van der Waals surface area contributed by atoms with Gasteiger partial charge in [0.2, 0.25) is 0 Å². The zero-order valence-electron chi connectivity index (χ0n) is 10.3. The molecule has 1 aromatic carbocycles. The highest BCUT2D eigenvalue weighted by Crippen LogP contribution is 2.27. The molecule has 1 unspecified atom stereocenters. The van der Waals surface area contributed by atoms with Crippen LogP contribution in [-0.4, -0.2) is 5.25 Å². The second-order valence-electron chi connectivity index (χ2n) is 4.71. The van der Waals surface area contributed by atoms with Crippen LogP contribution in [0.1, 0.15) is 39.2 Å². The minimum absolute atomic E-state index is 0.732. The molecule has 0 heterocycles. The number of thioether (sulfide) groups is 1. The molecular formula is C14H22S. The lowest BCUT2D eigenvalue weighted by atomic mass is 10.1. The molecule has 0 aliphatic carbocycles. The second kappa shape index (κ2) is 6.22. The molecule has 0 nitrogen and oxygen atoms in total. The van der Waals surface area contributed by atoms with Gasteiger partial charge in [0, 0.05) is 10.1 Å². The molecule has 0 aromatic heterocycles. The standard InChI is InChI=1S/C14H22S/c1-11(2)5-8-13(4)15-14-9-6-12(3)7-10-14/h6-7,9-11,13H,5,8H2,1-4H3. The summed E-state index contributed by atoms with van der Waals surface area (Å²) in [6.07, 6.45) is 2.65. The molecule has 0 spiro atoms. The first-order valence-electron chi connectivity index (χ1n) is 5.81. The van der Waals surface area contributed by atoms with E-state index in [0.717, 1.165) is 11.2 Å². The van der Waals surface area contributed by atoms with Gasteiger partial charge in [0.25, 0.3) is 0 Å². The van der Waals surface area contributed by atoms with Gasteiger partial charge in [-0.2, -0.15) is 0 Å². The van der Waals surface area contributed by atoms with E-state index in [1.54, 1.807) is 0 Å². The average Bonchev–Trinajstić information content (AvgIpc) is 2.19. The van der Waals surface area contributed by atoms with Crippen LogP contribution in [0.25, 0.3) is 0 Å². The summed E-state index contributed by atoms with van der Waals surface area (Å²) >= 11 is 1.99. The highest BCUT2D eigenvalue weighted by Gasteiger charge is 2.05. The zero-order valence-corrected chi connectivity index (χ0v) is 11.1. The van der Waals surface area contributed by atoms with Crippen molar-refractivity contribution in [2.24, 2.45) is 5.92 Å². The molecule has 0 saturated carbocycles. The molecule has 0 fully saturated rings. The van der Waals surface area contributed by atoms with Gasteiger partial charge in [-0.15, -0.1) is 11.8 Å². The lowest BCUT2D eigenvalue weighted by Gasteiger charge is -2.12. The molecule has 0 bridgehead atoms. The van der Waals surface area contributed by atoms with Crippen LogP contribution in [0, 0.1) is 12.8 Å². The van der Waals surface area contributed by atoms with E-state index in [4.69, 9.17) is 0 Å². The SMILES string of the molecule is Cc1ccc(SC(C)CCC(C)C)cc1. The quantitative estimate of drug-likeness (QED) is 0.638. The molecule has 1 heteroatoms. The van der Waals surface area contributed by atoms with E-state index >= 15 is 0 Å². The summed E-state index contributed by atoms with van der Waals surface area (Å²) in [5.74, 6) is 0.825. The first-order chi connectivity index (χ1) is 7.08. The third-order valence-corrected chi connectivity index (χ3v) is 3.69. The fourth-order valence-corrected chi connectivity index (χ4v) is 2.49. The third-order valence-electron chi connectivity index (χ3n) is 2.51. The predicted molar refractivity (Wildman–Crippen MR) is 70.6 cm³/mol. The first-order valence-corrected chi connectivity index (χ1v) is 6.69. The number of hydrogen-bond donors (Lipinski definition) is 0. The maximum absolute atomic E-state index is 2.33. The normalized spacial score (nSPS) is 13.1. The van der Waals surface area contributed by atoms with Crippen molar-refractivity contribution >= 4 is 11.8 Å². The Kier molecular flexibility index (Phi) is 5.24. The van der Waals surface area contributed by atoms with Crippen LogP contribution in [0.15, 0.2) is 29.2 Å². The summed E-state index contributed by atoms with van der Waals surface area (Å²) in [5, 5.41) is 0.732. The van der Waals surface area contributed by atoms with Crippen molar-refractivity contribution in [2.75, 3.05) is 0 Å². The Morgan fingerprint density at radius 2 is 1.60 bits per heavy atom. The Morgan fingerprint density at radius 1 is 1.00 bits per heavy atom. The molecule has 1 aromatic rings. The Balaban J connectivity index is 2.37. The number of benzene rings is 1. The van der Waals surface area contributed by atoms with E-state index in [1.807, 2.05) is 11.8 Å². The topological polar surface area (TPSA) is 0 Å². The maximum atomic E-state index is 2.33. The largest absolute Gasteiger partial charge is 0.123 e. The van der Waals surface area contributed by atoms with Crippen molar-refractivity contribution < 1.29 is 0 Å². The molecule has 0 radical (unpaired) electrons. The van der Waals surface area contributed by atoms with E-state index < -0.39 is 0 Å². The van der Waals surface area contributed by atoms with E-state index in [1.165, 1.54) is 23.3 Å². The molecular weight excluding hydrogens is 200 g/mol. The molecule has 1 atom stereocenters. The first kappa shape index (κ1) is 12.6. The Morgan fingerprint density at radius 3 is 2.13 bits per heavy atom. The summed E-state index contributed by atoms with van der Waals surface area (Å²) in [6.45, 7) is 9.05. The fourth-order valence-electron chi connectivity index (χ4n) is 1.48. The van der Waals surface area contributed by atoms with Crippen molar-refractivity contribution in [1.29, 1.82) is 0 Å². The van der Waals surface area contributed by atoms with E-state index in [0.29, 0.717) is 0 Å². The van der Waals surface area contributed by atoms with Crippen molar-refractivity contribution in [2.45, 2.75) is 50.7 Å². The molecule has 0 aliphatic heterocycles. The summed E-state index contributed by atoms with van der Waals surface area (Å²) in [5.41, 5.74) is 1.34. The van der Waals surface area contributed by atoms with Crippen LogP contribution in [0.2, 0.25) is 0 Å². The van der Waals surface area contributed by atoms with Gasteiger partial charge in [-0.3, -0.25) is 0 Å². The lowest BCUT2D eigenvalue weighted by Crippen LogP contribution is -1.98. The van der Waals surface area contributed by atoms with Crippen molar-refractivity contribution in [1.82, 2.24) is 0 Å². The van der Waals surface area contributed by atoms with Gasteiger partial charge in [-0.1, -0.05) is 38.5 Å². The van der Waals surface area contributed by atoms with E-state index in [9.17, 15) is 0 Å². The zero-order chi connectivity index (χ0) is 11.3. The number of rotatable bonds is 5. The van der Waals surface area contributed by atoms with E-state index in [-0.39, 0.29) is 0 Å². The van der Waals surface area contributed by atoms with Gasteiger partial charge in [0.1, 0.15) is 0 Å². The molecule has 1 rings (SSSR count). The molecule has 15 heavy (non-hydrogen) atoms. The number of aryl methyl sites for hydroxylation is 1. The predicted octanol–water partition coefficient (Wildman–Crippen LogP) is 4.91. The van der Waals surface area contributed by atoms with Crippen LogP contribution in [0.3, 0.4) is 0 Å². The maximum Gasteiger partial charge on any atom is 0.00748 e. The van der Waals surface area contributed by atoms with E-state index in [2.05, 4.69) is 52.0 Å². The second-order valence-corrected chi connectivity index (χ2v) is 6.22. The van der Waals surface area contributed by atoms with Gasteiger partial charge in [0.05, 0.1) is 0 Å². The summed E-state index contributed by atoms with van der Waals surface area (Å²) in [4.78, 5) is 1.40. The molecule has 0 aliphatic rings. The summed E-state index contributed by atoms with van der Waals surface area (Å²) < 4.78 is 0. The third kappa shape index (κ3) is 5.27. The van der Waals surface area contributed by atoms with Crippen molar-refractivity contribution in [3.8, 4) is 0 Å². The van der Waals surface area contributed by atoms with Crippen LogP contribution < -0.4 is 0 Å². The van der Waals surface area contributed by atoms with Crippen LogP contribution in [-0.2, 0) is 0 Å². The summed E-state index contributed by atoms with van der Waals surface area (Å²) in [6, 6.07) is 8.84. The van der Waals surface area contributed by atoms with Gasteiger partial charge < -0.3 is 0 Å².